The number of anilines is 1. The Bertz CT molecular complexity index is 449. The highest BCUT2D eigenvalue weighted by molar-refractivity contribution is 7.98. The van der Waals surface area contributed by atoms with Crippen LogP contribution in [0, 0.1) is 6.92 Å². The van der Waals surface area contributed by atoms with Crippen LogP contribution in [0.5, 0.6) is 0 Å². The quantitative estimate of drug-likeness (QED) is 0.696. The van der Waals surface area contributed by atoms with Crippen LogP contribution >= 0.6 is 11.8 Å². The Morgan fingerprint density at radius 2 is 2.31 bits per heavy atom. The van der Waals surface area contributed by atoms with Crippen molar-refractivity contribution in [1.29, 1.82) is 0 Å². The number of aryl methyl sites for hydroxylation is 1. The number of nitrogens with two attached hydrogens (primary N) is 1. The number of fused-ring (bicyclic) bond motifs is 1. The lowest BCUT2D eigenvalue weighted by molar-refractivity contribution is 0.946. The van der Waals surface area contributed by atoms with Crippen molar-refractivity contribution in [3.63, 3.8) is 0 Å². The molecule has 0 fully saturated rings. The van der Waals surface area contributed by atoms with E-state index in [0.717, 1.165) is 16.4 Å². The van der Waals surface area contributed by atoms with Crippen LogP contribution in [0.25, 0.3) is 5.52 Å². The topological polar surface area (TPSA) is 56.2 Å². The fourth-order valence-electron chi connectivity index (χ4n) is 1.35. The SMILES string of the molecule is CSc1nc(C)c2c(N)nccn12. The number of hydrogen-bond donors (Lipinski definition) is 1. The van der Waals surface area contributed by atoms with Gasteiger partial charge in [-0.1, -0.05) is 11.8 Å². The van der Waals surface area contributed by atoms with Crippen LogP contribution < -0.4 is 5.73 Å². The molecule has 0 saturated heterocycles. The minimum Gasteiger partial charge on any atom is -0.382 e. The lowest BCUT2D eigenvalue weighted by atomic mass is 10.4. The Balaban J connectivity index is 2.87. The Labute approximate surface area is 80.2 Å². The zero-order chi connectivity index (χ0) is 9.42. The summed E-state index contributed by atoms with van der Waals surface area (Å²) in [5.74, 6) is 0.535. The summed E-state index contributed by atoms with van der Waals surface area (Å²) in [6.45, 7) is 1.94. The molecule has 2 aromatic heterocycles. The number of nitrogen functional groups attached to an aromatic ring is 1. The van der Waals surface area contributed by atoms with Crippen LogP contribution in [-0.4, -0.2) is 20.6 Å². The summed E-state index contributed by atoms with van der Waals surface area (Å²) >= 11 is 1.60. The molecule has 2 heterocycles. The first-order valence-corrected chi connectivity index (χ1v) is 5.09. The van der Waals surface area contributed by atoms with Gasteiger partial charge in [-0.2, -0.15) is 0 Å². The molecular weight excluding hydrogens is 184 g/mol. The fraction of sp³-hybridized carbons (Fsp3) is 0.250. The van der Waals surface area contributed by atoms with Crippen molar-refractivity contribution in [2.75, 3.05) is 12.0 Å². The van der Waals surface area contributed by atoms with Crippen molar-refractivity contribution >= 4 is 23.1 Å². The summed E-state index contributed by atoms with van der Waals surface area (Å²) in [5, 5.41) is 0.946. The Kier molecular flexibility index (Phi) is 1.88. The van der Waals surface area contributed by atoms with Gasteiger partial charge >= 0.3 is 0 Å². The van der Waals surface area contributed by atoms with Crippen LogP contribution in [0.4, 0.5) is 5.82 Å². The van der Waals surface area contributed by atoms with E-state index in [1.54, 1.807) is 18.0 Å². The van der Waals surface area contributed by atoms with Gasteiger partial charge in [0.05, 0.1) is 5.69 Å². The predicted molar refractivity (Wildman–Crippen MR) is 53.9 cm³/mol. The molecule has 2 rings (SSSR count). The molecule has 0 bridgehead atoms. The predicted octanol–water partition coefficient (Wildman–Crippen LogP) is 1.34. The highest BCUT2D eigenvalue weighted by Crippen LogP contribution is 2.21. The summed E-state index contributed by atoms with van der Waals surface area (Å²) in [7, 11) is 0. The lowest BCUT2D eigenvalue weighted by Gasteiger charge is -1.98. The van der Waals surface area contributed by atoms with E-state index in [0.29, 0.717) is 5.82 Å². The maximum absolute atomic E-state index is 5.74. The van der Waals surface area contributed by atoms with Gasteiger partial charge in [-0.05, 0) is 13.2 Å². The first-order valence-electron chi connectivity index (χ1n) is 3.87. The van der Waals surface area contributed by atoms with E-state index in [4.69, 9.17) is 5.73 Å². The average Bonchev–Trinajstić information content (AvgIpc) is 2.44. The molecule has 2 aromatic rings. The summed E-state index contributed by atoms with van der Waals surface area (Å²) in [6, 6.07) is 0. The number of hydrogen-bond acceptors (Lipinski definition) is 4. The van der Waals surface area contributed by atoms with Gasteiger partial charge in [0.1, 0.15) is 11.3 Å². The van der Waals surface area contributed by atoms with Gasteiger partial charge in [0, 0.05) is 12.4 Å². The van der Waals surface area contributed by atoms with Gasteiger partial charge < -0.3 is 5.73 Å². The molecule has 0 aliphatic rings. The average molecular weight is 194 g/mol. The van der Waals surface area contributed by atoms with Crippen molar-refractivity contribution in [1.82, 2.24) is 14.4 Å². The van der Waals surface area contributed by atoms with Gasteiger partial charge in [0.15, 0.2) is 5.16 Å². The highest BCUT2D eigenvalue weighted by Gasteiger charge is 2.09. The molecule has 0 atom stereocenters. The van der Waals surface area contributed by atoms with Crippen LogP contribution in [-0.2, 0) is 0 Å². The van der Waals surface area contributed by atoms with Crippen molar-refractivity contribution < 1.29 is 0 Å². The molecule has 4 nitrogen and oxygen atoms in total. The standard InChI is InChI=1S/C8H10N4S/c1-5-6-7(9)10-3-4-12(6)8(11-5)13-2/h3-4H,1-2H3,(H2,9,10). The number of rotatable bonds is 1. The van der Waals surface area contributed by atoms with Crippen molar-refractivity contribution in [3.05, 3.63) is 18.1 Å². The maximum Gasteiger partial charge on any atom is 0.172 e. The molecule has 0 saturated carbocycles. The van der Waals surface area contributed by atoms with Crippen LogP contribution in [0.2, 0.25) is 0 Å². The molecular formula is C8H10N4S. The second-order valence-electron chi connectivity index (χ2n) is 2.72. The molecule has 0 radical (unpaired) electrons. The third kappa shape index (κ3) is 1.16. The van der Waals surface area contributed by atoms with Gasteiger partial charge in [0.25, 0.3) is 0 Å². The van der Waals surface area contributed by atoms with Gasteiger partial charge in [-0.3, -0.25) is 4.40 Å². The molecule has 0 aliphatic heterocycles. The normalized spacial score (nSPS) is 10.9. The molecule has 0 aliphatic carbocycles. The smallest absolute Gasteiger partial charge is 0.172 e. The van der Waals surface area contributed by atoms with E-state index in [1.807, 2.05) is 23.8 Å². The first kappa shape index (κ1) is 8.37. The molecule has 5 heteroatoms. The molecule has 13 heavy (non-hydrogen) atoms. The van der Waals surface area contributed by atoms with Crippen molar-refractivity contribution in [2.45, 2.75) is 12.1 Å². The summed E-state index contributed by atoms with van der Waals surface area (Å²) in [5.41, 5.74) is 7.58. The highest BCUT2D eigenvalue weighted by atomic mass is 32.2. The number of thioether (sulfide) groups is 1. The molecule has 0 spiro atoms. The van der Waals surface area contributed by atoms with E-state index >= 15 is 0 Å². The van der Waals surface area contributed by atoms with E-state index in [2.05, 4.69) is 9.97 Å². The van der Waals surface area contributed by atoms with E-state index < -0.39 is 0 Å². The zero-order valence-corrected chi connectivity index (χ0v) is 8.30. The van der Waals surface area contributed by atoms with Crippen molar-refractivity contribution in [2.24, 2.45) is 0 Å². The molecule has 0 amide bonds. The molecule has 0 aromatic carbocycles. The minimum absolute atomic E-state index is 0.535. The Morgan fingerprint density at radius 1 is 1.54 bits per heavy atom. The van der Waals surface area contributed by atoms with Gasteiger partial charge in [-0.25, -0.2) is 9.97 Å². The third-order valence-electron chi connectivity index (χ3n) is 1.91. The monoisotopic (exact) mass is 194 g/mol. The molecule has 2 N–H and O–H groups in total. The van der Waals surface area contributed by atoms with Crippen LogP contribution in [0.15, 0.2) is 17.6 Å². The Hall–Kier alpha value is -1.23. The van der Waals surface area contributed by atoms with Gasteiger partial charge in [0.2, 0.25) is 0 Å². The number of aromatic nitrogens is 3. The van der Waals surface area contributed by atoms with E-state index in [-0.39, 0.29) is 0 Å². The lowest BCUT2D eigenvalue weighted by Crippen LogP contribution is -1.95. The van der Waals surface area contributed by atoms with E-state index in [1.165, 1.54) is 0 Å². The molecule has 68 valence electrons. The van der Waals surface area contributed by atoms with Crippen LogP contribution in [0.3, 0.4) is 0 Å². The third-order valence-corrected chi connectivity index (χ3v) is 2.56. The second-order valence-corrected chi connectivity index (χ2v) is 3.49. The molecule has 0 unspecified atom stereocenters. The van der Waals surface area contributed by atoms with Crippen LogP contribution in [0.1, 0.15) is 5.69 Å². The van der Waals surface area contributed by atoms with Gasteiger partial charge in [-0.15, -0.1) is 0 Å². The summed E-state index contributed by atoms with van der Waals surface area (Å²) in [6.07, 6.45) is 5.55. The largest absolute Gasteiger partial charge is 0.382 e. The minimum atomic E-state index is 0.535. The number of imidazole rings is 1. The summed E-state index contributed by atoms with van der Waals surface area (Å²) < 4.78 is 1.96. The Morgan fingerprint density at radius 3 is 3.00 bits per heavy atom. The number of nitrogens with zero attached hydrogens (tertiary/aromatic N) is 3. The fourth-order valence-corrected chi connectivity index (χ4v) is 1.93. The summed E-state index contributed by atoms with van der Waals surface area (Å²) in [4.78, 5) is 8.40. The first-order chi connectivity index (χ1) is 6.24. The van der Waals surface area contributed by atoms with Crippen molar-refractivity contribution in [3.8, 4) is 0 Å². The maximum atomic E-state index is 5.74. The zero-order valence-electron chi connectivity index (χ0n) is 7.48. The van der Waals surface area contributed by atoms with E-state index in [9.17, 15) is 0 Å². The second kappa shape index (κ2) is 2.92.